The molecule has 1 aliphatic carbocycles. The molecule has 0 fully saturated rings. The van der Waals surface area contributed by atoms with E-state index in [9.17, 15) is 9.59 Å². The zero-order valence-corrected chi connectivity index (χ0v) is 15.7. The minimum absolute atomic E-state index is 0. The van der Waals surface area contributed by atoms with Gasteiger partial charge in [0.2, 0.25) is 11.5 Å². The Kier molecular flexibility index (Phi) is 7.79. The number of Topliss-reactive ketones (excluding diaryl/α,β-unsaturated/α-hetero) is 1. The van der Waals surface area contributed by atoms with Crippen LogP contribution in [0.25, 0.3) is 0 Å². The van der Waals surface area contributed by atoms with E-state index in [1.165, 1.54) is 21.3 Å². The molecule has 0 aromatic heterocycles. The van der Waals surface area contributed by atoms with Crippen molar-refractivity contribution in [1.29, 1.82) is 0 Å². The van der Waals surface area contributed by atoms with Crippen molar-refractivity contribution in [3.63, 3.8) is 0 Å². The van der Waals surface area contributed by atoms with Crippen molar-refractivity contribution in [3.8, 4) is 17.2 Å². The third-order valence-electron chi connectivity index (χ3n) is 3.82. The Morgan fingerprint density at radius 1 is 1.20 bits per heavy atom. The zero-order valence-electron chi connectivity index (χ0n) is 14.2. The molecule has 7 nitrogen and oxygen atoms in total. The van der Waals surface area contributed by atoms with Crippen LogP contribution in [0, 0.1) is 0 Å². The van der Waals surface area contributed by atoms with Crippen LogP contribution in [0.4, 0.5) is 0 Å². The molecule has 0 radical (unpaired) electrons. The molecule has 140 valence electrons. The lowest BCUT2D eigenvalue weighted by Gasteiger charge is -2.16. The molecule has 0 spiro atoms. The highest BCUT2D eigenvalue weighted by atomic mass is 35.5. The van der Waals surface area contributed by atoms with Crippen molar-refractivity contribution < 1.29 is 28.5 Å². The van der Waals surface area contributed by atoms with Crippen LogP contribution in [0.2, 0.25) is 0 Å². The lowest BCUT2D eigenvalue weighted by molar-refractivity contribution is -0.147. The summed E-state index contributed by atoms with van der Waals surface area (Å²) in [7, 11) is 4.32. The predicted octanol–water partition coefficient (Wildman–Crippen LogP) is 2.26. The van der Waals surface area contributed by atoms with Crippen LogP contribution in [0.1, 0.15) is 34.8 Å². The summed E-state index contributed by atoms with van der Waals surface area (Å²) in [5.74, 6) is 0.276. The Balaban J connectivity index is 0.00000312. The molecular weight excluding hydrogens is 373 g/mol. The smallest absolute Gasteiger partial charge is 0.306 e. The first-order chi connectivity index (χ1) is 11.5. The summed E-state index contributed by atoms with van der Waals surface area (Å²) in [6, 6.07) is 0.799. The van der Waals surface area contributed by atoms with Gasteiger partial charge in [-0.3, -0.25) is 9.59 Å². The van der Waals surface area contributed by atoms with Gasteiger partial charge in [-0.25, -0.2) is 0 Å². The number of halogens is 2. The molecule has 0 heterocycles. The van der Waals surface area contributed by atoms with E-state index in [4.69, 9.17) is 36.3 Å². The first-order valence-electron chi connectivity index (χ1n) is 7.38. The van der Waals surface area contributed by atoms with E-state index in [-0.39, 0.29) is 35.9 Å². The summed E-state index contributed by atoms with van der Waals surface area (Å²) in [6.45, 7) is 0. The number of rotatable bonds is 7. The minimum Gasteiger partial charge on any atom is -0.493 e. The largest absolute Gasteiger partial charge is 0.493 e. The van der Waals surface area contributed by atoms with E-state index in [1.807, 2.05) is 0 Å². The summed E-state index contributed by atoms with van der Waals surface area (Å²) < 4.78 is 21.1. The molecule has 0 bridgehead atoms. The van der Waals surface area contributed by atoms with Crippen LogP contribution < -0.4 is 19.9 Å². The van der Waals surface area contributed by atoms with Crippen LogP contribution in [0.15, 0.2) is 6.07 Å². The highest BCUT2D eigenvalue weighted by Gasteiger charge is 2.44. The standard InChI is InChI=1S/C16H20ClNO6.ClH/c1-21-9-7-8-11(15(23-3)14(9)22-2)13(20)16(12(8)18)24-10(19)5-4-6-17;/h7,12,16H,4-6,18H2,1-3H3;1H. The Morgan fingerprint density at radius 2 is 1.84 bits per heavy atom. The lowest BCUT2D eigenvalue weighted by atomic mass is 10.1. The Labute approximate surface area is 157 Å². The Morgan fingerprint density at radius 3 is 2.36 bits per heavy atom. The van der Waals surface area contributed by atoms with E-state index in [2.05, 4.69) is 0 Å². The van der Waals surface area contributed by atoms with E-state index >= 15 is 0 Å². The molecule has 1 aliphatic rings. The van der Waals surface area contributed by atoms with E-state index in [0.717, 1.165) is 0 Å². The first-order valence-corrected chi connectivity index (χ1v) is 7.91. The van der Waals surface area contributed by atoms with Gasteiger partial charge in [0.05, 0.1) is 32.9 Å². The first kappa shape index (κ1) is 21.3. The highest BCUT2D eigenvalue weighted by molar-refractivity contribution is 6.17. The molecule has 2 unspecified atom stereocenters. The van der Waals surface area contributed by atoms with Crippen molar-refractivity contribution >= 4 is 35.8 Å². The van der Waals surface area contributed by atoms with Gasteiger partial charge in [-0.05, 0) is 18.1 Å². The molecule has 0 saturated heterocycles. The normalized spacial score (nSPS) is 18.2. The van der Waals surface area contributed by atoms with Gasteiger partial charge in [0.15, 0.2) is 17.6 Å². The summed E-state index contributed by atoms with van der Waals surface area (Å²) in [5, 5.41) is 0. The molecule has 2 atom stereocenters. The number of ketones is 1. The van der Waals surface area contributed by atoms with Gasteiger partial charge in [0, 0.05) is 12.3 Å². The lowest BCUT2D eigenvalue weighted by Crippen LogP contribution is -2.31. The number of esters is 1. The molecule has 9 heteroatoms. The van der Waals surface area contributed by atoms with Gasteiger partial charge in [-0.1, -0.05) is 0 Å². The molecule has 25 heavy (non-hydrogen) atoms. The monoisotopic (exact) mass is 393 g/mol. The third-order valence-corrected chi connectivity index (χ3v) is 4.09. The van der Waals surface area contributed by atoms with Crippen molar-refractivity contribution in [2.45, 2.75) is 25.0 Å². The molecular formula is C16H21Cl2NO6. The molecule has 2 N–H and O–H groups in total. The van der Waals surface area contributed by atoms with Crippen LogP contribution in [0.5, 0.6) is 17.2 Å². The molecule has 0 saturated carbocycles. The number of nitrogens with two attached hydrogens (primary N) is 1. The zero-order chi connectivity index (χ0) is 17.9. The van der Waals surface area contributed by atoms with E-state index < -0.39 is 23.9 Å². The number of ether oxygens (including phenoxy) is 4. The molecule has 2 rings (SSSR count). The van der Waals surface area contributed by atoms with Crippen molar-refractivity contribution in [2.75, 3.05) is 27.2 Å². The van der Waals surface area contributed by atoms with Crippen molar-refractivity contribution in [1.82, 2.24) is 0 Å². The fraction of sp³-hybridized carbons (Fsp3) is 0.500. The maximum atomic E-state index is 12.7. The van der Waals surface area contributed by atoms with E-state index in [1.54, 1.807) is 6.07 Å². The fourth-order valence-corrected chi connectivity index (χ4v) is 2.83. The number of fused-ring (bicyclic) bond motifs is 1. The average molecular weight is 394 g/mol. The maximum Gasteiger partial charge on any atom is 0.306 e. The van der Waals surface area contributed by atoms with Gasteiger partial charge in [-0.15, -0.1) is 24.0 Å². The number of carbonyl (C=O) groups excluding carboxylic acids is 2. The SMILES string of the molecule is COc1cc2c(c(OC)c1OC)C(=O)C(OC(=O)CCCCl)C2N.Cl. The summed E-state index contributed by atoms with van der Waals surface area (Å²) >= 11 is 5.56. The van der Waals surface area contributed by atoms with Crippen LogP contribution >= 0.6 is 24.0 Å². The topological polar surface area (TPSA) is 97.1 Å². The van der Waals surface area contributed by atoms with Gasteiger partial charge < -0.3 is 24.7 Å². The van der Waals surface area contributed by atoms with Gasteiger partial charge in [0.1, 0.15) is 0 Å². The maximum absolute atomic E-state index is 12.7. The van der Waals surface area contributed by atoms with Crippen molar-refractivity contribution in [2.24, 2.45) is 5.73 Å². The summed E-state index contributed by atoms with van der Waals surface area (Å²) in [6.07, 6.45) is -0.511. The summed E-state index contributed by atoms with van der Waals surface area (Å²) in [4.78, 5) is 24.5. The van der Waals surface area contributed by atoms with Gasteiger partial charge in [-0.2, -0.15) is 0 Å². The quantitative estimate of drug-likeness (QED) is 0.560. The number of alkyl halides is 1. The van der Waals surface area contributed by atoms with Crippen molar-refractivity contribution in [3.05, 3.63) is 17.2 Å². The Bertz CT molecular complexity index is 652. The number of benzene rings is 1. The highest BCUT2D eigenvalue weighted by Crippen LogP contribution is 2.47. The molecule has 1 aromatic carbocycles. The average Bonchev–Trinajstić information content (AvgIpc) is 2.82. The minimum atomic E-state index is -1.10. The molecule has 0 aliphatic heterocycles. The van der Waals surface area contributed by atoms with Crippen LogP contribution in [-0.2, 0) is 9.53 Å². The summed E-state index contributed by atoms with van der Waals surface area (Å²) in [5.41, 5.74) is 6.86. The number of hydrogen-bond acceptors (Lipinski definition) is 7. The molecule has 1 aromatic rings. The third kappa shape index (κ3) is 3.94. The second-order valence-corrected chi connectivity index (χ2v) is 5.58. The number of hydrogen-bond donors (Lipinski definition) is 1. The van der Waals surface area contributed by atoms with Crippen LogP contribution in [-0.4, -0.2) is 45.1 Å². The van der Waals surface area contributed by atoms with Gasteiger partial charge in [0.25, 0.3) is 0 Å². The number of methoxy groups -OCH3 is 3. The fourth-order valence-electron chi connectivity index (χ4n) is 2.70. The van der Waals surface area contributed by atoms with E-state index in [0.29, 0.717) is 23.6 Å². The van der Waals surface area contributed by atoms with Gasteiger partial charge >= 0.3 is 5.97 Å². The predicted molar refractivity (Wildman–Crippen MR) is 94.4 cm³/mol. The second kappa shape index (κ2) is 9.12. The second-order valence-electron chi connectivity index (χ2n) is 5.20. The number of carbonyl (C=O) groups is 2. The Hall–Kier alpha value is -1.70. The van der Waals surface area contributed by atoms with Crippen LogP contribution in [0.3, 0.4) is 0 Å². The molecule has 0 amide bonds.